The molecular weight excluding hydrogens is 244 g/mol. The molecule has 7 heteroatoms. The molecule has 1 fully saturated rings. The fourth-order valence-corrected chi connectivity index (χ4v) is 2.47. The van der Waals surface area contributed by atoms with Gasteiger partial charge in [-0.2, -0.15) is 15.0 Å². The highest BCUT2D eigenvalue weighted by Crippen LogP contribution is 2.35. The third-order valence-corrected chi connectivity index (χ3v) is 3.66. The van der Waals surface area contributed by atoms with Crippen molar-refractivity contribution in [1.29, 1.82) is 0 Å². The van der Waals surface area contributed by atoms with Crippen LogP contribution >= 0.6 is 0 Å². The predicted octanol–water partition coefficient (Wildman–Crippen LogP) is 1.55. The van der Waals surface area contributed by atoms with E-state index in [-0.39, 0.29) is 6.01 Å². The Bertz CT molecular complexity index is 396. The van der Waals surface area contributed by atoms with Crippen molar-refractivity contribution in [3.8, 4) is 6.01 Å². The van der Waals surface area contributed by atoms with E-state index in [1.54, 1.807) is 0 Å². The zero-order chi connectivity index (χ0) is 13.7. The Morgan fingerprint density at radius 1 is 1.16 bits per heavy atom. The summed E-state index contributed by atoms with van der Waals surface area (Å²) in [4.78, 5) is 12.3. The maximum Gasteiger partial charge on any atom is 0.322 e. The van der Waals surface area contributed by atoms with E-state index in [0.29, 0.717) is 17.3 Å². The Balaban J connectivity index is 2.02. The number of hydrazine groups is 1. The van der Waals surface area contributed by atoms with Crippen LogP contribution in [0, 0.1) is 5.41 Å². The molecular formula is C12H22N6O. The van der Waals surface area contributed by atoms with Gasteiger partial charge in [-0.05, 0) is 18.3 Å². The molecule has 19 heavy (non-hydrogen) atoms. The van der Waals surface area contributed by atoms with Crippen molar-refractivity contribution in [2.24, 2.45) is 11.3 Å². The van der Waals surface area contributed by atoms with Crippen molar-refractivity contribution >= 4 is 11.9 Å². The molecule has 1 heterocycles. The van der Waals surface area contributed by atoms with Gasteiger partial charge in [-0.25, -0.2) is 5.84 Å². The second-order valence-corrected chi connectivity index (χ2v) is 5.34. The summed E-state index contributed by atoms with van der Waals surface area (Å²) in [5, 5.41) is 3.27. The van der Waals surface area contributed by atoms with Crippen molar-refractivity contribution in [2.75, 3.05) is 24.4 Å². The van der Waals surface area contributed by atoms with Gasteiger partial charge in [0.25, 0.3) is 0 Å². The summed E-state index contributed by atoms with van der Waals surface area (Å²) in [5.74, 6) is 6.11. The Labute approximate surface area is 113 Å². The molecule has 0 radical (unpaired) electrons. The van der Waals surface area contributed by atoms with Crippen LogP contribution in [0.5, 0.6) is 6.01 Å². The van der Waals surface area contributed by atoms with Crippen LogP contribution < -0.4 is 21.3 Å². The quantitative estimate of drug-likeness (QED) is 0.549. The van der Waals surface area contributed by atoms with Gasteiger partial charge >= 0.3 is 6.01 Å². The van der Waals surface area contributed by atoms with Crippen molar-refractivity contribution in [2.45, 2.75) is 39.0 Å². The molecule has 4 N–H and O–H groups in total. The number of ether oxygens (including phenoxy) is 1. The Hall–Kier alpha value is -1.63. The molecule has 1 aromatic heterocycles. The van der Waals surface area contributed by atoms with E-state index in [1.807, 2.05) is 0 Å². The minimum Gasteiger partial charge on any atom is -0.467 e. The van der Waals surface area contributed by atoms with E-state index in [0.717, 1.165) is 6.54 Å². The number of hydrogen-bond donors (Lipinski definition) is 3. The largest absolute Gasteiger partial charge is 0.467 e. The predicted molar refractivity (Wildman–Crippen MR) is 73.9 cm³/mol. The van der Waals surface area contributed by atoms with Crippen LogP contribution in [0.15, 0.2) is 0 Å². The van der Waals surface area contributed by atoms with Gasteiger partial charge in [-0.1, -0.05) is 26.2 Å². The monoisotopic (exact) mass is 266 g/mol. The zero-order valence-corrected chi connectivity index (χ0v) is 11.6. The number of rotatable bonds is 5. The molecule has 1 aliphatic rings. The van der Waals surface area contributed by atoms with Crippen LogP contribution in [0.2, 0.25) is 0 Å². The first kappa shape index (κ1) is 13.8. The molecule has 1 aliphatic carbocycles. The van der Waals surface area contributed by atoms with Gasteiger partial charge < -0.3 is 10.1 Å². The molecule has 7 nitrogen and oxygen atoms in total. The fourth-order valence-electron chi connectivity index (χ4n) is 2.47. The maximum atomic E-state index is 5.32. The number of aromatic nitrogens is 3. The van der Waals surface area contributed by atoms with Gasteiger partial charge in [-0.3, -0.25) is 5.43 Å². The second kappa shape index (κ2) is 6.01. The van der Waals surface area contributed by atoms with E-state index in [1.165, 1.54) is 39.2 Å². The van der Waals surface area contributed by atoms with E-state index in [2.05, 4.69) is 32.6 Å². The smallest absolute Gasteiger partial charge is 0.322 e. The summed E-state index contributed by atoms with van der Waals surface area (Å²) in [7, 11) is 1.52. The molecule has 2 rings (SSSR count). The molecule has 1 saturated carbocycles. The minimum absolute atomic E-state index is 0.249. The van der Waals surface area contributed by atoms with E-state index < -0.39 is 0 Å². The molecule has 0 saturated heterocycles. The first-order chi connectivity index (χ1) is 9.15. The van der Waals surface area contributed by atoms with Crippen LogP contribution in [-0.2, 0) is 0 Å². The molecule has 0 spiro atoms. The van der Waals surface area contributed by atoms with Crippen LogP contribution in [0.1, 0.15) is 39.0 Å². The average molecular weight is 266 g/mol. The third kappa shape index (κ3) is 3.66. The maximum absolute atomic E-state index is 5.32. The van der Waals surface area contributed by atoms with Crippen molar-refractivity contribution < 1.29 is 4.74 Å². The van der Waals surface area contributed by atoms with E-state index >= 15 is 0 Å². The topological polar surface area (TPSA) is 98.0 Å². The van der Waals surface area contributed by atoms with Crippen LogP contribution in [0.4, 0.5) is 11.9 Å². The lowest BCUT2D eigenvalue weighted by Crippen LogP contribution is -2.29. The third-order valence-electron chi connectivity index (χ3n) is 3.66. The number of nitrogens with zero attached hydrogens (tertiary/aromatic N) is 3. The van der Waals surface area contributed by atoms with Gasteiger partial charge in [0.2, 0.25) is 11.9 Å². The average Bonchev–Trinajstić information content (AvgIpc) is 2.45. The highest BCUT2D eigenvalue weighted by molar-refractivity contribution is 5.35. The molecule has 0 aromatic carbocycles. The standard InChI is InChI=1S/C12H22N6O/c1-12(6-4-3-5-7-12)8-14-9-15-10(18-13)17-11(16-9)19-2/h3-8,13H2,1-2H3,(H2,14,15,16,17,18). The lowest BCUT2D eigenvalue weighted by molar-refractivity contribution is 0.233. The van der Waals surface area contributed by atoms with Crippen molar-refractivity contribution in [3.05, 3.63) is 0 Å². The van der Waals surface area contributed by atoms with E-state index in [9.17, 15) is 0 Å². The first-order valence-electron chi connectivity index (χ1n) is 6.66. The first-order valence-corrected chi connectivity index (χ1v) is 6.66. The van der Waals surface area contributed by atoms with Gasteiger partial charge in [0.1, 0.15) is 0 Å². The summed E-state index contributed by atoms with van der Waals surface area (Å²) in [6, 6.07) is 0.249. The van der Waals surface area contributed by atoms with Gasteiger partial charge in [0.15, 0.2) is 0 Å². The highest BCUT2D eigenvalue weighted by Gasteiger charge is 2.26. The Kier molecular flexibility index (Phi) is 4.36. The lowest BCUT2D eigenvalue weighted by atomic mass is 9.76. The van der Waals surface area contributed by atoms with Crippen LogP contribution in [-0.4, -0.2) is 28.6 Å². The molecule has 0 bridgehead atoms. The van der Waals surface area contributed by atoms with Crippen molar-refractivity contribution in [1.82, 2.24) is 15.0 Å². The Morgan fingerprint density at radius 2 is 1.84 bits per heavy atom. The van der Waals surface area contributed by atoms with Crippen LogP contribution in [0.3, 0.4) is 0 Å². The van der Waals surface area contributed by atoms with Crippen LogP contribution in [0.25, 0.3) is 0 Å². The molecule has 0 aliphatic heterocycles. The van der Waals surface area contributed by atoms with E-state index in [4.69, 9.17) is 10.6 Å². The lowest BCUT2D eigenvalue weighted by Gasteiger charge is -2.33. The molecule has 0 amide bonds. The highest BCUT2D eigenvalue weighted by atomic mass is 16.5. The number of methoxy groups -OCH3 is 1. The minimum atomic E-state index is 0.249. The summed E-state index contributed by atoms with van der Waals surface area (Å²) in [6.45, 7) is 3.16. The number of nitrogens with two attached hydrogens (primary N) is 1. The van der Waals surface area contributed by atoms with Gasteiger partial charge in [0.05, 0.1) is 7.11 Å². The number of anilines is 2. The van der Waals surface area contributed by atoms with Gasteiger partial charge in [0, 0.05) is 6.54 Å². The zero-order valence-electron chi connectivity index (χ0n) is 11.6. The summed E-state index contributed by atoms with van der Waals surface area (Å²) >= 11 is 0. The molecule has 0 atom stereocenters. The number of nitrogens with one attached hydrogen (secondary N) is 2. The summed E-state index contributed by atoms with van der Waals surface area (Å²) in [6.07, 6.45) is 6.42. The SMILES string of the molecule is COc1nc(NN)nc(NCC2(C)CCCCC2)n1. The summed E-state index contributed by atoms with van der Waals surface area (Å²) in [5.41, 5.74) is 2.72. The second-order valence-electron chi connectivity index (χ2n) is 5.34. The number of hydrogen-bond acceptors (Lipinski definition) is 7. The summed E-state index contributed by atoms with van der Waals surface area (Å²) < 4.78 is 5.02. The van der Waals surface area contributed by atoms with Crippen molar-refractivity contribution in [3.63, 3.8) is 0 Å². The molecule has 0 unspecified atom stereocenters. The Morgan fingerprint density at radius 3 is 2.47 bits per heavy atom. The fraction of sp³-hybridized carbons (Fsp3) is 0.750. The normalized spacial score (nSPS) is 17.8. The number of nitrogen functional groups attached to an aromatic ring is 1. The molecule has 1 aromatic rings. The van der Waals surface area contributed by atoms with Gasteiger partial charge in [-0.15, -0.1) is 0 Å². The molecule has 106 valence electrons.